The van der Waals surface area contributed by atoms with Crippen molar-refractivity contribution < 1.29 is 4.74 Å². The van der Waals surface area contributed by atoms with E-state index < -0.39 is 0 Å². The Morgan fingerprint density at radius 2 is 2.00 bits per heavy atom. The lowest BCUT2D eigenvalue weighted by Gasteiger charge is -2.02. The summed E-state index contributed by atoms with van der Waals surface area (Å²) in [6.45, 7) is 2.48. The highest BCUT2D eigenvalue weighted by molar-refractivity contribution is 5.37. The van der Waals surface area contributed by atoms with Gasteiger partial charge in [0.1, 0.15) is 5.75 Å². The quantitative estimate of drug-likeness (QED) is 0.850. The van der Waals surface area contributed by atoms with Crippen molar-refractivity contribution in [3.63, 3.8) is 0 Å². The molecule has 0 radical (unpaired) electrons. The van der Waals surface area contributed by atoms with Crippen LogP contribution in [0.5, 0.6) is 5.75 Å². The van der Waals surface area contributed by atoms with Crippen molar-refractivity contribution in [2.75, 3.05) is 7.11 Å². The number of benzene rings is 1. The molecular formula is C12H15N3O. The molecule has 0 amide bonds. The molecule has 4 nitrogen and oxygen atoms in total. The van der Waals surface area contributed by atoms with E-state index in [2.05, 4.69) is 5.10 Å². The molecule has 0 unspecified atom stereocenters. The summed E-state index contributed by atoms with van der Waals surface area (Å²) in [6, 6.07) is 7.75. The molecular weight excluding hydrogens is 202 g/mol. The molecule has 1 aromatic heterocycles. The molecule has 1 aromatic carbocycles. The van der Waals surface area contributed by atoms with E-state index in [9.17, 15) is 0 Å². The molecule has 0 fully saturated rings. The molecule has 0 aliphatic heterocycles. The zero-order chi connectivity index (χ0) is 11.5. The molecule has 0 saturated carbocycles. The van der Waals surface area contributed by atoms with Crippen molar-refractivity contribution in [3.8, 4) is 11.4 Å². The number of aromatic nitrogens is 2. The van der Waals surface area contributed by atoms with Crippen LogP contribution in [0.4, 0.5) is 0 Å². The van der Waals surface area contributed by atoms with E-state index in [1.165, 1.54) is 0 Å². The molecule has 4 heteroatoms. The van der Waals surface area contributed by atoms with Crippen molar-refractivity contribution in [1.82, 2.24) is 9.78 Å². The first-order chi connectivity index (χ1) is 7.74. The lowest BCUT2D eigenvalue weighted by Crippen LogP contribution is -1.96. The van der Waals surface area contributed by atoms with Gasteiger partial charge in [-0.3, -0.25) is 0 Å². The second-order valence-corrected chi connectivity index (χ2v) is 3.59. The van der Waals surface area contributed by atoms with Crippen LogP contribution in [0.15, 0.2) is 30.5 Å². The van der Waals surface area contributed by atoms with Gasteiger partial charge in [0.05, 0.1) is 18.5 Å². The van der Waals surface area contributed by atoms with Gasteiger partial charge in [0.15, 0.2) is 0 Å². The second kappa shape index (κ2) is 4.37. The zero-order valence-corrected chi connectivity index (χ0v) is 9.47. The van der Waals surface area contributed by atoms with Gasteiger partial charge in [0.25, 0.3) is 0 Å². The molecule has 0 aliphatic rings. The second-order valence-electron chi connectivity index (χ2n) is 3.59. The third-order valence-electron chi connectivity index (χ3n) is 2.56. The van der Waals surface area contributed by atoms with Crippen LogP contribution in [0, 0.1) is 6.92 Å². The summed E-state index contributed by atoms with van der Waals surface area (Å²) in [5, 5.41) is 4.40. The maximum Gasteiger partial charge on any atom is 0.119 e. The molecule has 1 heterocycles. The predicted molar refractivity (Wildman–Crippen MR) is 62.7 cm³/mol. The third kappa shape index (κ3) is 1.92. The van der Waals surface area contributed by atoms with Crippen LogP contribution in [-0.2, 0) is 6.54 Å². The van der Waals surface area contributed by atoms with Crippen LogP contribution in [0.25, 0.3) is 5.69 Å². The van der Waals surface area contributed by atoms with Crippen molar-refractivity contribution >= 4 is 0 Å². The van der Waals surface area contributed by atoms with Crippen LogP contribution in [-0.4, -0.2) is 16.9 Å². The number of methoxy groups -OCH3 is 1. The molecule has 0 saturated heterocycles. The van der Waals surface area contributed by atoms with Crippen LogP contribution < -0.4 is 10.5 Å². The summed E-state index contributed by atoms with van der Waals surface area (Å²) in [4.78, 5) is 0. The van der Waals surface area contributed by atoms with E-state index in [4.69, 9.17) is 10.5 Å². The topological polar surface area (TPSA) is 53.1 Å². The Kier molecular flexibility index (Phi) is 2.92. The van der Waals surface area contributed by atoms with E-state index in [0.29, 0.717) is 6.54 Å². The summed E-state index contributed by atoms with van der Waals surface area (Å²) in [5.74, 6) is 0.840. The monoisotopic (exact) mass is 217 g/mol. The summed E-state index contributed by atoms with van der Waals surface area (Å²) in [7, 11) is 1.65. The van der Waals surface area contributed by atoms with Crippen molar-refractivity contribution in [3.05, 3.63) is 41.7 Å². The average molecular weight is 217 g/mol. The molecule has 2 N–H and O–H groups in total. The van der Waals surface area contributed by atoms with E-state index in [0.717, 1.165) is 22.7 Å². The van der Waals surface area contributed by atoms with E-state index in [-0.39, 0.29) is 0 Å². The Labute approximate surface area is 94.6 Å². The Balaban J connectivity index is 2.34. The lowest BCUT2D eigenvalue weighted by atomic mass is 10.3. The van der Waals surface area contributed by atoms with Gasteiger partial charge in [-0.25, -0.2) is 4.68 Å². The number of aryl methyl sites for hydroxylation is 1. The Hall–Kier alpha value is -1.81. The number of ether oxygens (including phenoxy) is 1. The van der Waals surface area contributed by atoms with Crippen LogP contribution >= 0.6 is 0 Å². The number of rotatable bonds is 3. The van der Waals surface area contributed by atoms with E-state index >= 15 is 0 Å². The van der Waals surface area contributed by atoms with Crippen molar-refractivity contribution in [1.29, 1.82) is 0 Å². The SMILES string of the molecule is COc1ccc(-n2cc(CN)c(C)n2)cc1. The van der Waals surface area contributed by atoms with Gasteiger partial charge in [-0.15, -0.1) is 0 Å². The first-order valence-corrected chi connectivity index (χ1v) is 5.14. The van der Waals surface area contributed by atoms with Crippen molar-refractivity contribution in [2.24, 2.45) is 5.73 Å². The Morgan fingerprint density at radius 3 is 2.50 bits per heavy atom. The lowest BCUT2D eigenvalue weighted by molar-refractivity contribution is 0.414. The van der Waals surface area contributed by atoms with Crippen LogP contribution in [0.2, 0.25) is 0 Å². The van der Waals surface area contributed by atoms with Gasteiger partial charge >= 0.3 is 0 Å². The largest absolute Gasteiger partial charge is 0.497 e. The molecule has 84 valence electrons. The van der Waals surface area contributed by atoms with Crippen LogP contribution in [0.1, 0.15) is 11.3 Å². The summed E-state index contributed by atoms with van der Waals surface area (Å²) >= 11 is 0. The molecule has 2 aromatic rings. The van der Waals surface area contributed by atoms with E-state index in [1.807, 2.05) is 42.1 Å². The fraction of sp³-hybridized carbons (Fsp3) is 0.250. The maximum atomic E-state index is 5.61. The van der Waals surface area contributed by atoms with Gasteiger partial charge < -0.3 is 10.5 Å². The summed E-state index contributed by atoms with van der Waals surface area (Å²) in [5.41, 5.74) is 8.65. The highest BCUT2D eigenvalue weighted by atomic mass is 16.5. The smallest absolute Gasteiger partial charge is 0.119 e. The maximum absolute atomic E-state index is 5.61. The minimum atomic E-state index is 0.516. The molecule has 0 bridgehead atoms. The Morgan fingerprint density at radius 1 is 1.31 bits per heavy atom. The number of hydrogen-bond donors (Lipinski definition) is 1. The first kappa shape index (κ1) is 10.7. The highest BCUT2D eigenvalue weighted by Gasteiger charge is 2.04. The molecule has 0 spiro atoms. The van der Waals surface area contributed by atoms with E-state index in [1.54, 1.807) is 7.11 Å². The number of nitrogens with zero attached hydrogens (tertiary/aromatic N) is 2. The number of hydrogen-bond acceptors (Lipinski definition) is 3. The zero-order valence-electron chi connectivity index (χ0n) is 9.47. The highest BCUT2D eigenvalue weighted by Crippen LogP contribution is 2.15. The average Bonchev–Trinajstić information content (AvgIpc) is 2.71. The van der Waals surface area contributed by atoms with Crippen LogP contribution in [0.3, 0.4) is 0 Å². The minimum Gasteiger partial charge on any atom is -0.497 e. The minimum absolute atomic E-state index is 0.516. The fourth-order valence-electron chi connectivity index (χ4n) is 1.56. The molecule has 0 aliphatic carbocycles. The molecule has 0 atom stereocenters. The van der Waals surface area contributed by atoms with Gasteiger partial charge in [-0.05, 0) is 31.2 Å². The summed E-state index contributed by atoms with van der Waals surface area (Å²) < 4.78 is 6.94. The fourth-order valence-corrected chi connectivity index (χ4v) is 1.56. The number of nitrogens with two attached hydrogens (primary N) is 1. The predicted octanol–water partition coefficient (Wildman–Crippen LogP) is 1.65. The summed E-state index contributed by atoms with van der Waals surface area (Å²) in [6.07, 6.45) is 1.96. The standard InChI is InChI=1S/C12H15N3O/c1-9-10(7-13)8-15(14-9)11-3-5-12(16-2)6-4-11/h3-6,8H,7,13H2,1-2H3. The van der Waals surface area contributed by atoms with Gasteiger partial charge in [-0.2, -0.15) is 5.10 Å². The molecule has 16 heavy (non-hydrogen) atoms. The normalized spacial score (nSPS) is 10.4. The van der Waals surface area contributed by atoms with Gasteiger partial charge in [-0.1, -0.05) is 0 Å². The van der Waals surface area contributed by atoms with Crippen molar-refractivity contribution in [2.45, 2.75) is 13.5 Å². The first-order valence-electron chi connectivity index (χ1n) is 5.14. The van der Waals surface area contributed by atoms with Gasteiger partial charge in [0, 0.05) is 18.3 Å². The molecule has 2 rings (SSSR count). The Bertz CT molecular complexity index is 474. The van der Waals surface area contributed by atoms with Gasteiger partial charge in [0.2, 0.25) is 0 Å². The third-order valence-corrected chi connectivity index (χ3v) is 2.56.